The van der Waals surface area contributed by atoms with E-state index in [0.717, 1.165) is 24.0 Å². The number of epoxide rings is 1. The molecule has 1 aliphatic heterocycles. The van der Waals surface area contributed by atoms with Crippen molar-refractivity contribution in [2.45, 2.75) is 32.0 Å². The van der Waals surface area contributed by atoms with Crippen LogP contribution in [0.15, 0.2) is 55.1 Å². The van der Waals surface area contributed by atoms with Crippen LogP contribution in [-0.2, 0) is 14.3 Å². The summed E-state index contributed by atoms with van der Waals surface area (Å²) in [7, 11) is 0. The van der Waals surface area contributed by atoms with Gasteiger partial charge in [-0.1, -0.05) is 31.7 Å². The Balaban J connectivity index is 1.53. The van der Waals surface area contributed by atoms with Crippen molar-refractivity contribution in [3.05, 3.63) is 71.8 Å². The number of aliphatic hydroxyl groups is 1. The minimum absolute atomic E-state index is 0.0335. The summed E-state index contributed by atoms with van der Waals surface area (Å²) in [6.45, 7) is 8.84. The molecule has 0 saturated carbocycles. The molecule has 0 aliphatic carbocycles. The number of carbonyl (C=O) groups is 1. The maximum absolute atomic E-state index is 11.0. The minimum atomic E-state index is -0.901. The standard InChI is InChI=1S/C24H28O6/c1-4-24(26)30-13-19(25)12-27-20-7-5-18(6-8-20)17(3)23-10-9-21(11-16(23)2)28-14-22-15-29-22/h4-11,17,19,22,25H,1,12-15H2,2-3H3. The normalized spacial score (nSPS) is 17.0. The molecule has 3 unspecified atom stereocenters. The maximum atomic E-state index is 11.0. The highest BCUT2D eigenvalue weighted by atomic mass is 16.6. The van der Waals surface area contributed by atoms with E-state index in [4.69, 9.17) is 18.9 Å². The van der Waals surface area contributed by atoms with Crippen LogP contribution in [0.1, 0.15) is 29.5 Å². The van der Waals surface area contributed by atoms with Crippen molar-refractivity contribution in [3.8, 4) is 11.5 Å². The van der Waals surface area contributed by atoms with Gasteiger partial charge in [0.2, 0.25) is 0 Å². The van der Waals surface area contributed by atoms with Gasteiger partial charge in [0.05, 0.1) is 6.61 Å². The Hall–Kier alpha value is -2.83. The van der Waals surface area contributed by atoms with Crippen LogP contribution in [0.5, 0.6) is 11.5 Å². The number of aliphatic hydroxyl groups excluding tert-OH is 1. The van der Waals surface area contributed by atoms with Crippen LogP contribution in [0.2, 0.25) is 0 Å². The highest BCUT2D eigenvalue weighted by molar-refractivity contribution is 5.81. The predicted molar refractivity (Wildman–Crippen MR) is 113 cm³/mol. The van der Waals surface area contributed by atoms with Crippen molar-refractivity contribution in [1.29, 1.82) is 0 Å². The Morgan fingerprint density at radius 1 is 1.20 bits per heavy atom. The van der Waals surface area contributed by atoms with Crippen molar-refractivity contribution in [2.75, 3.05) is 26.4 Å². The zero-order valence-electron chi connectivity index (χ0n) is 17.4. The fourth-order valence-electron chi connectivity index (χ4n) is 3.09. The molecule has 30 heavy (non-hydrogen) atoms. The SMILES string of the molecule is C=CC(=O)OCC(O)COc1ccc(C(C)c2ccc(OCC3CO3)cc2C)cc1. The fourth-order valence-corrected chi connectivity index (χ4v) is 3.09. The van der Waals surface area contributed by atoms with Gasteiger partial charge in [0.25, 0.3) is 0 Å². The van der Waals surface area contributed by atoms with E-state index in [9.17, 15) is 9.90 Å². The first-order valence-electron chi connectivity index (χ1n) is 10.0. The Kier molecular flexibility index (Phi) is 7.49. The van der Waals surface area contributed by atoms with Crippen molar-refractivity contribution in [1.82, 2.24) is 0 Å². The predicted octanol–water partition coefficient (Wildman–Crippen LogP) is 3.39. The van der Waals surface area contributed by atoms with Crippen LogP contribution in [0.4, 0.5) is 0 Å². The zero-order chi connectivity index (χ0) is 21.5. The lowest BCUT2D eigenvalue weighted by molar-refractivity contribution is -0.141. The van der Waals surface area contributed by atoms with Gasteiger partial charge in [-0.05, 0) is 47.9 Å². The molecular formula is C24H28O6. The number of rotatable bonds is 11. The number of hydrogen-bond donors (Lipinski definition) is 1. The van der Waals surface area contributed by atoms with Crippen LogP contribution in [0, 0.1) is 6.92 Å². The minimum Gasteiger partial charge on any atom is -0.491 e. The summed E-state index contributed by atoms with van der Waals surface area (Å²) < 4.78 is 21.3. The summed E-state index contributed by atoms with van der Waals surface area (Å²) in [5.41, 5.74) is 3.57. The van der Waals surface area contributed by atoms with E-state index in [-0.39, 0.29) is 25.2 Å². The first-order chi connectivity index (χ1) is 14.5. The molecule has 1 aliphatic rings. The molecule has 1 fully saturated rings. The van der Waals surface area contributed by atoms with Gasteiger partial charge in [-0.3, -0.25) is 0 Å². The summed E-state index contributed by atoms with van der Waals surface area (Å²) in [4.78, 5) is 11.0. The van der Waals surface area contributed by atoms with Gasteiger partial charge >= 0.3 is 5.97 Å². The number of ether oxygens (including phenoxy) is 4. The highest BCUT2D eigenvalue weighted by Crippen LogP contribution is 2.30. The van der Waals surface area contributed by atoms with Gasteiger partial charge < -0.3 is 24.1 Å². The van der Waals surface area contributed by atoms with E-state index in [1.807, 2.05) is 30.3 Å². The Morgan fingerprint density at radius 2 is 1.90 bits per heavy atom. The lowest BCUT2D eigenvalue weighted by Crippen LogP contribution is -2.24. The molecule has 0 spiro atoms. The van der Waals surface area contributed by atoms with E-state index >= 15 is 0 Å². The van der Waals surface area contributed by atoms with Gasteiger partial charge in [-0.15, -0.1) is 0 Å². The average molecular weight is 412 g/mol. The number of carbonyl (C=O) groups excluding carboxylic acids is 1. The zero-order valence-corrected chi connectivity index (χ0v) is 17.4. The van der Waals surface area contributed by atoms with Crippen LogP contribution in [-0.4, -0.2) is 49.7 Å². The second kappa shape index (κ2) is 10.3. The Morgan fingerprint density at radius 3 is 2.53 bits per heavy atom. The first kappa shape index (κ1) is 21.9. The Labute approximate surface area is 177 Å². The van der Waals surface area contributed by atoms with E-state index in [0.29, 0.717) is 12.4 Å². The van der Waals surface area contributed by atoms with E-state index in [1.165, 1.54) is 11.1 Å². The number of benzene rings is 2. The smallest absolute Gasteiger partial charge is 0.330 e. The van der Waals surface area contributed by atoms with Gasteiger partial charge in [0.15, 0.2) is 0 Å². The summed E-state index contributed by atoms with van der Waals surface area (Å²) in [6, 6.07) is 13.9. The van der Waals surface area contributed by atoms with Crippen molar-refractivity contribution in [2.24, 2.45) is 0 Å². The quantitative estimate of drug-likeness (QED) is 0.346. The van der Waals surface area contributed by atoms with Gasteiger partial charge in [-0.25, -0.2) is 4.79 Å². The topological polar surface area (TPSA) is 77.5 Å². The molecular weight excluding hydrogens is 384 g/mol. The van der Waals surface area contributed by atoms with Crippen LogP contribution < -0.4 is 9.47 Å². The largest absolute Gasteiger partial charge is 0.491 e. The number of hydrogen-bond acceptors (Lipinski definition) is 6. The van der Waals surface area contributed by atoms with E-state index in [1.54, 1.807) is 0 Å². The molecule has 0 aromatic heterocycles. The fraction of sp³-hybridized carbons (Fsp3) is 0.375. The molecule has 6 nitrogen and oxygen atoms in total. The molecule has 2 aromatic rings. The molecule has 0 radical (unpaired) electrons. The molecule has 1 heterocycles. The molecule has 1 N–H and O–H groups in total. The third-order valence-electron chi connectivity index (χ3n) is 4.95. The molecule has 160 valence electrons. The third kappa shape index (κ3) is 6.34. The van der Waals surface area contributed by atoms with Crippen LogP contribution in [0.3, 0.4) is 0 Å². The third-order valence-corrected chi connectivity index (χ3v) is 4.95. The van der Waals surface area contributed by atoms with Crippen molar-refractivity contribution >= 4 is 5.97 Å². The number of esters is 1. The molecule has 1 saturated heterocycles. The number of aryl methyl sites for hydroxylation is 1. The summed E-state index contributed by atoms with van der Waals surface area (Å²) in [6.07, 6.45) is 0.397. The lowest BCUT2D eigenvalue weighted by atomic mass is 9.90. The van der Waals surface area contributed by atoms with Crippen molar-refractivity contribution < 1.29 is 28.8 Å². The van der Waals surface area contributed by atoms with Crippen molar-refractivity contribution in [3.63, 3.8) is 0 Å². The molecule has 3 atom stereocenters. The van der Waals surface area contributed by atoms with Crippen LogP contribution >= 0.6 is 0 Å². The summed E-state index contributed by atoms with van der Waals surface area (Å²) >= 11 is 0. The summed E-state index contributed by atoms with van der Waals surface area (Å²) in [5, 5.41) is 9.82. The van der Waals surface area contributed by atoms with Gasteiger partial charge in [-0.2, -0.15) is 0 Å². The molecule has 3 rings (SSSR count). The van der Waals surface area contributed by atoms with E-state index in [2.05, 4.69) is 32.6 Å². The Bertz CT molecular complexity index is 856. The maximum Gasteiger partial charge on any atom is 0.330 e. The van der Waals surface area contributed by atoms with Gasteiger partial charge in [0.1, 0.15) is 43.5 Å². The van der Waals surface area contributed by atoms with E-state index < -0.39 is 12.1 Å². The molecule has 0 bridgehead atoms. The monoisotopic (exact) mass is 412 g/mol. The first-order valence-corrected chi connectivity index (χ1v) is 10.0. The molecule has 2 aromatic carbocycles. The average Bonchev–Trinajstić information content (AvgIpc) is 3.59. The second-order valence-electron chi connectivity index (χ2n) is 7.37. The molecule has 0 amide bonds. The molecule has 6 heteroatoms. The van der Waals surface area contributed by atoms with Crippen LogP contribution in [0.25, 0.3) is 0 Å². The highest BCUT2D eigenvalue weighted by Gasteiger charge is 2.23. The summed E-state index contributed by atoms with van der Waals surface area (Å²) in [5.74, 6) is 1.14. The lowest BCUT2D eigenvalue weighted by Gasteiger charge is -2.17. The van der Waals surface area contributed by atoms with Gasteiger partial charge in [0, 0.05) is 12.0 Å². The second-order valence-corrected chi connectivity index (χ2v) is 7.37.